The lowest BCUT2D eigenvalue weighted by atomic mass is 9.96. The van der Waals surface area contributed by atoms with Crippen LogP contribution in [0.4, 0.5) is 26.3 Å². The van der Waals surface area contributed by atoms with Gasteiger partial charge >= 0.3 is 12.4 Å². The van der Waals surface area contributed by atoms with Crippen molar-refractivity contribution < 1.29 is 35.9 Å². The Bertz CT molecular complexity index is 1400. The van der Waals surface area contributed by atoms with Gasteiger partial charge in [-0.3, -0.25) is 4.79 Å². The van der Waals surface area contributed by atoms with Crippen LogP contribution in [0.5, 0.6) is 5.75 Å². The van der Waals surface area contributed by atoms with Gasteiger partial charge in [-0.1, -0.05) is 30.3 Å². The molecule has 0 radical (unpaired) electrons. The first-order chi connectivity index (χ1) is 15.4. The molecule has 1 aromatic heterocycles. The van der Waals surface area contributed by atoms with E-state index >= 15 is 0 Å². The summed E-state index contributed by atoms with van der Waals surface area (Å²) in [5.41, 5.74) is -2.65. The molecule has 170 valence electrons. The van der Waals surface area contributed by atoms with Gasteiger partial charge in [-0.15, -0.1) is 0 Å². The third kappa shape index (κ3) is 4.57. The molecule has 9 heteroatoms. The predicted octanol–water partition coefficient (Wildman–Crippen LogP) is 6.79. The molecular formula is C24H14F6O3. The highest BCUT2D eigenvalue weighted by molar-refractivity contribution is 5.82. The predicted molar refractivity (Wildman–Crippen MR) is 109 cm³/mol. The molecule has 0 aliphatic heterocycles. The molecule has 4 rings (SSSR count). The molecule has 0 saturated carbocycles. The second-order valence-corrected chi connectivity index (χ2v) is 7.37. The third-order valence-electron chi connectivity index (χ3n) is 5.06. The molecule has 3 aromatic carbocycles. The summed E-state index contributed by atoms with van der Waals surface area (Å²) < 4.78 is 84.8. The highest BCUT2D eigenvalue weighted by Gasteiger charge is 2.32. The monoisotopic (exact) mass is 464 g/mol. The van der Waals surface area contributed by atoms with Crippen molar-refractivity contribution in [1.82, 2.24) is 0 Å². The summed E-state index contributed by atoms with van der Waals surface area (Å²) in [6.45, 7) is 0. The lowest BCUT2D eigenvalue weighted by molar-refractivity contribution is -0.138. The van der Waals surface area contributed by atoms with Crippen molar-refractivity contribution >= 4 is 11.0 Å². The largest absolute Gasteiger partial charge is 0.508 e. The van der Waals surface area contributed by atoms with E-state index in [0.29, 0.717) is 0 Å². The van der Waals surface area contributed by atoms with E-state index < -0.39 is 28.9 Å². The highest BCUT2D eigenvalue weighted by Crippen LogP contribution is 2.35. The highest BCUT2D eigenvalue weighted by atomic mass is 19.4. The summed E-state index contributed by atoms with van der Waals surface area (Å²) in [5, 5.41) is 9.76. The van der Waals surface area contributed by atoms with Crippen LogP contribution in [-0.2, 0) is 18.8 Å². The molecular weight excluding hydrogens is 450 g/mol. The molecule has 33 heavy (non-hydrogen) atoms. The molecule has 0 aliphatic rings. The summed E-state index contributed by atoms with van der Waals surface area (Å²) >= 11 is 0. The van der Waals surface area contributed by atoms with E-state index in [-0.39, 0.29) is 45.6 Å². The van der Waals surface area contributed by atoms with Crippen LogP contribution in [0.15, 0.2) is 75.9 Å². The first-order valence-electron chi connectivity index (χ1n) is 9.56. The van der Waals surface area contributed by atoms with Gasteiger partial charge < -0.3 is 9.52 Å². The number of fused-ring (bicyclic) bond motifs is 1. The zero-order valence-electron chi connectivity index (χ0n) is 16.6. The molecule has 0 spiro atoms. The molecule has 4 aromatic rings. The fraction of sp³-hybridized carbons (Fsp3) is 0.125. The van der Waals surface area contributed by atoms with E-state index in [4.69, 9.17) is 4.42 Å². The summed E-state index contributed by atoms with van der Waals surface area (Å²) in [6.07, 6.45) is -9.58. The van der Waals surface area contributed by atoms with Crippen molar-refractivity contribution in [3.05, 3.63) is 99.2 Å². The van der Waals surface area contributed by atoms with E-state index in [0.717, 1.165) is 36.4 Å². The topological polar surface area (TPSA) is 50.4 Å². The van der Waals surface area contributed by atoms with Crippen LogP contribution < -0.4 is 5.43 Å². The fourth-order valence-corrected chi connectivity index (χ4v) is 3.51. The summed E-state index contributed by atoms with van der Waals surface area (Å²) in [7, 11) is 0. The molecule has 0 saturated heterocycles. The van der Waals surface area contributed by atoms with Gasteiger partial charge in [0.25, 0.3) is 0 Å². The van der Waals surface area contributed by atoms with Gasteiger partial charge in [-0.2, -0.15) is 26.3 Å². The van der Waals surface area contributed by atoms with E-state index in [1.807, 2.05) is 0 Å². The Morgan fingerprint density at radius 2 is 1.42 bits per heavy atom. The minimum Gasteiger partial charge on any atom is -0.508 e. The van der Waals surface area contributed by atoms with Gasteiger partial charge in [0.1, 0.15) is 17.1 Å². The number of phenolic OH excluding ortho intramolecular Hbond substituents is 1. The average Bonchev–Trinajstić information content (AvgIpc) is 2.74. The maximum absolute atomic E-state index is 13.2. The quantitative estimate of drug-likeness (QED) is 0.340. The molecule has 3 nitrogen and oxygen atoms in total. The minimum atomic E-state index is -4.66. The first kappa shape index (κ1) is 22.4. The summed E-state index contributed by atoms with van der Waals surface area (Å²) in [5.74, 6) is -0.451. The SMILES string of the molecule is O=c1c(Cc2cccc(C(F)(F)F)c2)c(-c2cccc(C(F)(F)F)c2)oc2cc(O)ccc12. The Hall–Kier alpha value is -3.75. The Balaban J connectivity index is 1.95. The van der Waals surface area contributed by atoms with Crippen molar-refractivity contribution in [2.75, 3.05) is 0 Å². The molecule has 1 heterocycles. The average molecular weight is 464 g/mol. The number of aromatic hydroxyl groups is 1. The van der Waals surface area contributed by atoms with Crippen molar-refractivity contribution in [1.29, 1.82) is 0 Å². The van der Waals surface area contributed by atoms with Crippen molar-refractivity contribution in [3.63, 3.8) is 0 Å². The number of hydrogen-bond donors (Lipinski definition) is 1. The zero-order chi connectivity index (χ0) is 24.0. The van der Waals surface area contributed by atoms with E-state index in [9.17, 15) is 36.2 Å². The number of benzene rings is 3. The second-order valence-electron chi connectivity index (χ2n) is 7.37. The summed E-state index contributed by atoms with van der Waals surface area (Å²) in [4.78, 5) is 13.2. The first-order valence-corrected chi connectivity index (χ1v) is 9.56. The van der Waals surface area contributed by atoms with Crippen molar-refractivity contribution in [2.24, 2.45) is 0 Å². The minimum absolute atomic E-state index is 0.0329. The Morgan fingerprint density at radius 3 is 2.09 bits per heavy atom. The van der Waals surface area contributed by atoms with Crippen LogP contribution in [0.1, 0.15) is 22.3 Å². The Morgan fingerprint density at radius 1 is 0.788 bits per heavy atom. The molecule has 0 fully saturated rings. The van der Waals surface area contributed by atoms with Crippen LogP contribution in [0.2, 0.25) is 0 Å². The number of hydrogen-bond acceptors (Lipinski definition) is 3. The van der Waals surface area contributed by atoms with Gasteiger partial charge in [0.15, 0.2) is 5.43 Å². The van der Waals surface area contributed by atoms with E-state index in [1.54, 1.807) is 0 Å². The molecule has 0 unspecified atom stereocenters. The zero-order valence-corrected chi connectivity index (χ0v) is 16.6. The summed E-state index contributed by atoms with van der Waals surface area (Å²) in [6, 6.07) is 12.1. The fourth-order valence-electron chi connectivity index (χ4n) is 3.51. The molecule has 0 atom stereocenters. The van der Waals surface area contributed by atoms with Gasteiger partial charge in [0, 0.05) is 23.6 Å². The Labute approximate surface area is 182 Å². The Kier molecular flexibility index (Phi) is 5.43. The third-order valence-corrected chi connectivity index (χ3v) is 5.06. The van der Waals surface area contributed by atoms with Crippen LogP contribution in [-0.4, -0.2) is 5.11 Å². The maximum Gasteiger partial charge on any atom is 0.416 e. The number of rotatable bonds is 3. The standard InChI is InChI=1S/C24H14F6O3/c25-23(26,27)15-5-1-3-13(9-15)10-19-21(32)18-8-7-17(31)12-20(18)33-22(19)14-4-2-6-16(11-14)24(28,29)30/h1-9,11-12,31H,10H2. The number of alkyl halides is 6. The van der Waals surface area contributed by atoms with Gasteiger partial charge in [-0.05, 0) is 35.9 Å². The van der Waals surface area contributed by atoms with Crippen LogP contribution in [0, 0.1) is 0 Å². The van der Waals surface area contributed by atoms with Crippen LogP contribution in [0.25, 0.3) is 22.3 Å². The van der Waals surface area contributed by atoms with Gasteiger partial charge in [0.05, 0.1) is 16.5 Å². The number of halogens is 6. The van der Waals surface area contributed by atoms with E-state index in [1.165, 1.54) is 30.3 Å². The number of phenols is 1. The molecule has 0 amide bonds. The normalized spacial score (nSPS) is 12.3. The van der Waals surface area contributed by atoms with Crippen molar-refractivity contribution in [3.8, 4) is 17.1 Å². The second kappa shape index (κ2) is 7.99. The molecule has 0 aliphatic carbocycles. The van der Waals surface area contributed by atoms with Crippen LogP contribution >= 0.6 is 0 Å². The van der Waals surface area contributed by atoms with Gasteiger partial charge in [0.2, 0.25) is 0 Å². The smallest absolute Gasteiger partial charge is 0.416 e. The maximum atomic E-state index is 13.2. The van der Waals surface area contributed by atoms with Crippen molar-refractivity contribution in [2.45, 2.75) is 18.8 Å². The van der Waals surface area contributed by atoms with Gasteiger partial charge in [-0.25, -0.2) is 0 Å². The lowest BCUT2D eigenvalue weighted by Gasteiger charge is -2.14. The molecule has 0 bridgehead atoms. The lowest BCUT2D eigenvalue weighted by Crippen LogP contribution is -2.13. The van der Waals surface area contributed by atoms with Crippen LogP contribution in [0.3, 0.4) is 0 Å². The molecule has 1 N–H and O–H groups in total. The van der Waals surface area contributed by atoms with E-state index in [2.05, 4.69) is 0 Å².